The van der Waals surface area contributed by atoms with E-state index in [-0.39, 0.29) is 11.9 Å². The van der Waals surface area contributed by atoms with Crippen molar-refractivity contribution in [1.82, 2.24) is 0 Å². The average Bonchev–Trinajstić information content (AvgIpc) is 2.74. The van der Waals surface area contributed by atoms with Gasteiger partial charge < -0.3 is 5.73 Å². The van der Waals surface area contributed by atoms with E-state index in [1.54, 1.807) is 6.07 Å². The zero-order valence-corrected chi connectivity index (χ0v) is 9.10. The molecule has 1 nitrogen and oxygen atoms in total. The maximum Gasteiger partial charge on any atom is 0.128 e. The lowest BCUT2D eigenvalue weighted by molar-refractivity contribution is 0.595. The highest BCUT2D eigenvalue weighted by atomic mass is 35.5. The van der Waals surface area contributed by atoms with Crippen molar-refractivity contribution in [2.24, 2.45) is 5.73 Å². The molecule has 80 valence electrons. The van der Waals surface area contributed by atoms with E-state index in [4.69, 9.17) is 17.3 Å². The Morgan fingerprint density at radius 3 is 2.87 bits per heavy atom. The van der Waals surface area contributed by atoms with Gasteiger partial charge in [0.2, 0.25) is 0 Å². The first kappa shape index (κ1) is 10.7. The van der Waals surface area contributed by atoms with Crippen LogP contribution in [0.25, 0.3) is 0 Å². The third-order valence-corrected chi connectivity index (χ3v) is 3.00. The summed E-state index contributed by atoms with van der Waals surface area (Å²) in [5.74, 6) is -0.278. The lowest BCUT2D eigenvalue weighted by Crippen LogP contribution is -2.14. The molecule has 0 bridgehead atoms. The summed E-state index contributed by atoms with van der Waals surface area (Å²) in [7, 11) is 0. The first-order valence-electron chi connectivity index (χ1n) is 5.08. The van der Waals surface area contributed by atoms with Gasteiger partial charge in [-0.1, -0.05) is 23.3 Å². The maximum atomic E-state index is 13.5. The number of nitrogens with two attached hydrogens (primary N) is 1. The Balaban J connectivity index is 2.31. The second-order valence-electron chi connectivity index (χ2n) is 3.81. The minimum Gasteiger partial charge on any atom is -0.320 e. The van der Waals surface area contributed by atoms with Gasteiger partial charge in [-0.2, -0.15) is 0 Å². The van der Waals surface area contributed by atoms with Crippen molar-refractivity contribution in [3.8, 4) is 0 Å². The molecule has 0 spiro atoms. The quantitative estimate of drug-likeness (QED) is 0.765. The van der Waals surface area contributed by atoms with Gasteiger partial charge in [-0.25, -0.2) is 4.39 Å². The van der Waals surface area contributed by atoms with Crippen LogP contribution in [0.3, 0.4) is 0 Å². The van der Waals surface area contributed by atoms with Gasteiger partial charge in [0.05, 0.1) is 6.04 Å². The number of hydrogen-bond donors (Lipinski definition) is 1. The highest BCUT2D eigenvalue weighted by molar-refractivity contribution is 6.30. The molecule has 0 saturated heterocycles. The molecular formula is C12H13ClFN. The van der Waals surface area contributed by atoms with Crippen LogP contribution < -0.4 is 5.73 Å². The number of rotatable bonds is 2. The molecule has 1 aliphatic rings. The first-order valence-corrected chi connectivity index (χ1v) is 5.46. The van der Waals surface area contributed by atoms with Gasteiger partial charge in [0.15, 0.2) is 0 Å². The fourth-order valence-corrected chi connectivity index (χ4v) is 2.11. The molecule has 1 atom stereocenters. The Labute approximate surface area is 93.7 Å². The summed E-state index contributed by atoms with van der Waals surface area (Å²) < 4.78 is 13.5. The second kappa shape index (κ2) is 4.33. The molecule has 0 heterocycles. The van der Waals surface area contributed by atoms with Crippen molar-refractivity contribution in [3.63, 3.8) is 0 Å². The maximum absolute atomic E-state index is 13.5. The van der Waals surface area contributed by atoms with E-state index in [9.17, 15) is 4.39 Å². The number of hydrogen-bond acceptors (Lipinski definition) is 1. The Hall–Kier alpha value is -0.860. The van der Waals surface area contributed by atoms with Crippen LogP contribution in [-0.4, -0.2) is 0 Å². The van der Waals surface area contributed by atoms with Crippen LogP contribution in [0.2, 0.25) is 5.02 Å². The summed E-state index contributed by atoms with van der Waals surface area (Å²) in [6, 6.07) is 4.18. The van der Waals surface area contributed by atoms with Crippen LogP contribution in [0.4, 0.5) is 4.39 Å². The van der Waals surface area contributed by atoms with Crippen molar-refractivity contribution in [2.45, 2.75) is 25.3 Å². The van der Waals surface area contributed by atoms with Crippen LogP contribution in [0, 0.1) is 5.82 Å². The molecule has 1 aromatic rings. The van der Waals surface area contributed by atoms with E-state index in [2.05, 4.69) is 6.08 Å². The van der Waals surface area contributed by atoms with Crippen LogP contribution in [0.5, 0.6) is 0 Å². The largest absolute Gasteiger partial charge is 0.320 e. The van der Waals surface area contributed by atoms with Crippen LogP contribution in [-0.2, 0) is 0 Å². The summed E-state index contributed by atoms with van der Waals surface area (Å²) in [4.78, 5) is 0. The Kier molecular flexibility index (Phi) is 3.08. The van der Waals surface area contributed by atoms with Gasteiger partial charge in [-0.15, -0.1) is 0 Å². The molecule has 1 aromatic carbocycles. The Morgan fingerprint density at radius 2 is 2.20 bits per heavy atom. The fourth-order valence-electron chi connectivity index (χ4n) is 1.93. The lowest BCUT2D eigenvalue weighted by atomic mass is 9.99. The molecule has 0 radical (unpaired) electrons. The van der Waals surface area contributed by atoms with Gasteiger partial charge >= 0.3 is 0 Å². The standard InChI is InChI=1S/C12H13ClFN/c13-9-5-6-11(14)10(7-9)12(15)8-3-1-2-4-8/h3,5-7,12H,1-2,4,15H2. The van der Waals surface area contributed by atoms with E-state index in [1.165, 1.54) is 12.1 Å². The van der Waals surface area contributed by atoms with Crippen molar-refractivity contribution >= 4 is 11.6 Å². The van der Waals surface area contributed by atoms with Crippen molar-refractivity contribution < 1.29 is 4.39 Å². The summed E-state index contributed by atoms with van der Waals surface area (Å²) in [6.07, 6.45) is 5.23. The monoisotopic (exact) mass is 225 g/mol. The third-order valence-electron chi connectivity index (χ3n) is 2.77. The highest BCUT2D eigenvalue weighted by Crippen LogP contribution is 2.31. The van der Waals surface area contributed by atoms with E-state index >= 15 is 0 Å². The fraction of sp³-hybridized carbons (Fsp3) is 0.333. The molecule has 2 rings (SSSR count). The topological polar surface area (TPSA) is 26.0 Å². The molecule has 3 heteroatoms. The predicted molar refractivity (Wildman–Crippen MR) is 60.3 cm³/mol. The van der Waals surface area contributed by atoms with Crippen molar-refractivity contribution in [2.75, 3.05) is 0 Å². The molecule has 0 aliphatic heterocycles. The van der Waals surface area contributed by atoms with Crippen LogP contribution in [0.15, 0.2) is 29.8 Å². The van der Waals surface area contributed by atoms with E-state index in [1.807, 2.05) is 0 Å². The number of allylic oxidation sites excluding steroid dienone is 1. The number of benzene rings is 1. The summed E-state index contributed by atoms with van der Waals surface area (Å²) in [6.45, 7) is 0. The second-order valence-corrected chi connectivity index (χ2v) is 4.25. The predicted octanol–water partition coefficient (Wildman–Crippen LogP) is 3.59. The van der Waals surface area contributed by atoms with Crippen molar-refractivity contribution in [1.29, 1.82) is 0 Å². The molecule has 2 N–H and O–H groups in total. The summed E-state index contributed by atoms with van der Waals surface area (Å²) in [5.41, 5.74) is 7.62. The van der Waals surface area contributed by atoms with Gasteiger partial charge in [0.25, 0.3) is 0 Å². The van der Waals surface area contributed by atoms with Crippen molar-refractivity contribution in [3.05, 3.63) is 46.3 Å². The summed E-state index contributed by atoms with van der Waals surface area (Å²) >= 11 is 5.83. The first-order chi connectivity index (χ1) is 7.18. The van der Waals surface area contributed by atoms with Crippen LogP contribution in [0.1, 0.15) is 30.9 Å². The summed E-state index contributed by atoms with van der Waals surface area (Å²) in [5, 5.41) is 0.528. The molecule has 1 unspecified atom stereocenters. The zero-order valence-electron chi connectivity index (χ0n) is 8.34. The van der Waals surface area contributed by atoms with Crippen LogP contribution >= 0.6 is 11.6 Å². The van der Waals surface area contributed by atoms with E-state index in [0.29, 0.717) is 10.6 Å². The lowest BCUT2D eigenvalue weighted by Gasteiger charge is -2.14. The SMILES string of the molecule is NC(C1=CCCC1)c1cc(Cl)ccc1F. The van der Waals surface area contributed by atoms with E-state index < -0.39 is 0 Å². The average molecular weight is 226 g/mol. The number of halogens is 2. The van der Waals surface area contributed by atoms with Gasteiger partial charge in [0.1, 0.15) is 5.82 Å². The van der Waals surface area contributed by atoms with Gasteiger partial charge in [-0.05, 0) is 37.5 Å². The zero-order chi connectivity index (χ0) is 10.8. The van der Waals surface area contributed by atoms with Gasteiger partial charge in [-0.3, -0.25) is 0 Å². The molecule has 0 fully saturated rings. The molecule has 1 aliphatic carbocycles. The molecule has 0 amide bonds. The molecule has 0 saturated carbocycles. The minimum absolute atomic E-state index is 0.278. The normalized spacial score (nSPS) is 17.7. The highest BCUT2D eigenvalue weighted by Gasteiger charge is 2.18. The third kappa shape index (κ3) is 2.21. The molecular weight excluding hydrogens is 213 g/mol. The Bertz CT molecular complexity index is 401. The Morgan fingerprint density at radius 1 is 1.40 bits per heavy atom. The molecule has 15 heavy (non-hydrogen) atoms. The van der Waals surface area contributed by atoms with Gasteiger partial charge in [0, 0.05) is 10.6 Å². The smallest absolute Gasteiger partial charge is 0.128 e. The molecule has 0 aromatic heterocycles. The van der Waals surface area contributed by atoms with E-state index in [0.717, 1.165) is 24.8 Å². The minimum atomic E-state index is -0.341.